The molecule has 0 fully saturated rings. The van der Waals surface area contributed by atoms with Crippen molar-refractivity contribution in [3.8, 4) is 6.07 Å². The fourth-order valence-electron chi connectivity index (χ4n) is 1.31. The predicted molar refractivity (Wildman–Crippen MR) is 50.1 cm³/mol. The van der Waals surface area contributed by atoms with E-state index in [1.54, 1.807) is 18.4 Å². The van der Waals surface area contributed by atoms with Gasteiger partial charge in [-0.1, -0.05) is 0 Å². The van der Waals surface area contributed by atoms with Gasteiger partial charge in [0.25, 0.3) is 0 Å². The molecule has 0 aliphatic carbocycles. The topological polar surface area (TPSA) is 62.9 Å². The molecule has 0 radical (unpaired) electrons. The van der Waals surface area contributed by atoms with Gasteiger partial charge in [0.05, 0.1) is 17.5 Å². The third-order valence-corrected chi connectivity index (χ3v) is 2.06. The van der Waals surface area contributed by atoms with Gasteiger partial charge in [-0.2, -0.15) is 5.26 Å². The molecule has 0 spiro atoms. The number of furan rings is 1. The molecule has 0 bridgehead atoms. The second kappa shape index (κ2) is 2.53. The minimum absolute atomic E-state index is 0.462. The molecule has 3 heteroatoms. The van der Waals surface area contributed by atoms with Gasteiger partial charge < -0.3 is 10.2 Å². The van der Waals surface area contributed by atoms with Gasteiger partial charge in [-0.3, -0.25) is 0 Å². The molecule has 1 aromatic heterocycles. The Morgan fingerprint density at radius 1 is 1.46 bits per heavy atom. The summed E-state index contributed by atoms with van der Waals surface area (Å²) in [4.78, 5) is 0. The smallest absolute Gasteiger partial charge is 0.136 e. The van der Waals surface area contributed by atoms with Gasteiger partial charge in [0.2, 0.25) is 0 Å². The summed E-state index contributed by atoms with van der Waals surface area (Å²) in [6.45, 7) is 1.93. The van der Waals surface area contributed by atoms with Gasteiger partial charge in [0.1, 0.15) is 11.7 Å². The Balaban J connectivity index is 2.86. The molecule has 0 aliphatic heterocycles. The fourth-order valence-corrected chi connectivity index (χ4v) is 1.31. The van der Waals surface area contributed by atoms with Gasteiger partial charge >= 0.3 is 0 Å². The molecule has 2 N–H and O–H groups in total. The molecule has 1 heterocycles. The van der Waals surface area contributed by atoms with Crippen LogP contribution in [0.5, 0.6) is 0 Å². The van der Waals surface area contributed by atoms with E-state index in [1.165, 1.54) is 0 Å². The van der Waals surface area contributed by atoms with E-state index in [4.69, 9.17) is 15.4 Å². The minimum Gasteiger partial charge on any atom is -0.464 e. The molecule has 0 unspecified atom stereocenters. The highest BCUT2D eigenvalue weighted by Gasteiger charge is 2.06. The maximum absolute atomic E-state index is 8.75. The van der Waals surface area contributed by atoms with Crippen LogP contribution >= 0.6 is 0 Å². The van der Waals surface area contributed by atoms with Crippen molar-refractivity contribution in [3.63, 3.8) is 0 Å². The predicted octanol–water partition coefficient (Wildman–Crippen LogP) is 2.20. The fraction of sp³-hybridized carbons (Fsp3) is 0.100. The summed E-state index contributed by atoms with van der Waals surface area (Å²) in [6.07, 6.45) is 1.66. The summed E-state index contributed by atoms with van der Waals surface area (Å²) < 4.78 is 5.24. The van der Waals surface area contributed by atoms with E-state index < -0.39 is 0 Å². The molecule has 0 aliphatic rings. The van der Waals surface area contributed by atoms with E-state index in [-0.39, 0.29) is 0 Å². The highest BCUT2D eigenvalue weighted by Crippen LogP contribution is 2.25. The normalized spacial score (nSPS) is 10.2. The number of hydrogen-bond acceptors (Lipinski definition) is 3. The van der Waals surface area contributed by atoms with Gasteiger partial charge in [0.15, 0.2) is 0 Å². The zero-order chi connectivity index (χ0) is 9.42. The Hall–Kier alpha value is -1.95. The molecule has 1 aromatic carbocycles. The number of benzene rings is 1. The third-order valence-electron chi connectivity index (χ3n) is 2.06. The zero-order valence-corrected chi connectivity index (χ0v) is 7.16. The molecule has 13 heavy (non-hydrogen) atoms. The summed E-state index contributed by atoms with van der Waals surface area (Å²) in [7, 11) is 0. The first-order valence-corrected chi connectivity index (χ1v) is 3.90. The zero-order valence-electron chi connectivity index (χ0n) is 7.16. The lowest BCUT2D eigenvalue weighted by atomic mass is 10.1. The molecule has 0 atom stereocenters. The number of fused-ring (bicyclic) bond motifs is 1. The second-order valence-electron chi connectivity index (χ2n) is 2.97. The number of anilines is 1. The first-order valence-electron chi connectivity index (χ1n) is 3.90. The number of nitriles is 1. The van der Waals surface area contributed by atoms with Gasteiger partial charge in [-0.25, -0.2) is 0 Å². The van der Waals surface area contributed by atoms with Crippen LogP contribution in [0, 0.1) is 18.3 Å². The number of nitrogens with two attached hydrogens (primary N) is 1. The molecule has 2 rings (SSSR count). The number of aryl methyl sites for hydroxylation is 1. The van der Waals surface area contributed by atoms with Crippen LogP contribution < -0.4 is 5.73 Å². The van der Waals surface area contributed by atoms with Crippen molar-refractivity contribution in [2.24, 2.45) is 0 Å². The standard InChI is InChI=1S/C10H8N2O/c1-6-5-13-10-3-9(12)7(4-11)2-8(6)10/h2-3,5H,12H2,1H3. The Morgan fingerprint density at radius 3 is 2.92 bits per heavy atom. The molecule has 3 nitrogen and oxygen atoms in total. The minimum atomic E-state index is 0.462. The van der Waals surface area contributed by atoms with E-state index in [1.807, 2.05) is 13.0 Å². The van der Waals surface area contributed by atoms with Gasteiger partial charge in [0, 0.05) is 11.5 Å². The van der Waals surface area contributed by atoms with Crippen molar-refractivity contribution in [2.45, 2.75) is 6.92 Å². The Kier molecular flexibility index (Phi) is 1.49. The lowest BCUT2D eigenvalue weighted by Gasteiger charge is -1.96. The number of rotatable bonds is 0. The van der Waals surface area contributed by atoms with Crippen LogP contribution in [0.15, 0.2) is 22.8 Å². The number of nitrogens with zero attached hydrogens (tertiary/aromatic N) is 1. The number of nitrogen functional groups attached to an aromatic ring is 1. The molecule has 64 valence electrons. The Bertz CT molecular complexity index is 505. The second-order valence-corrected chi connectivity index (χ2v) is 2.97. The van der Waals surface area contributed by atoms with E-state index in [9.17, 15) is 0 Å². The van der Waals surface area contributed by atoms with E-state index in [2.05, 4.69) is 0 Å². The maximum atomic E-state index is 8.75. The van der Waals surface area contributed by atoms with Crippen LogP contribution in [0.1, 0.15) is 11.1 Å². The molecule has 2 aromatic rings. The average molecular weight is 172 g/mol. The van der Waals surface area contributed by atoms with Crippen molar-refractivity contribution in [1.82, 2.24) is 0 Å². The average Bonchev–Trinajstić information content (AvgIpc) is 2.46. The van der Waals surface area contributed by atoms with E-state index in [0.29, 0.717) is 11.3 Å². The largest absolute Gasteiger partial charge is 0.464 e. The molecule has 0 amide bonds. The molecule has 0 saturated heterocycles. The van der Waals surface area contributed by atoms with Crippen LogP contribution in [0.25, 0.3) is 11.0 Å². The van der Waals surface area contributed by atoms with Gasteiger partial charge in [-0.05, 0) is 18.6 Å². The summed E-state index contributed by atoms with van der Waals surface area (Å²) in [6, 6.07) is 5.47. The van der Waals surface area contributed by atoms with Crippen LogP contribution in [0.4, 0.5) is 5.69 Å². The first kappa shape index (κ1) is 7.69. The lowest BCUT2D eigenvalue weighted by molar-refractivity contribution is 0.613. The molecule has 0 saturated carbocycles. The number of hydrogen-bond donors (Lipinski definition) is 1. The Morgan fingerprint density at radius 2 is 2.23 bits per heavy atom. The SMILES string of the molecule is Cc1coc2cc(N)c(C#N)cc12. The van der Waals surface area contributed by atoms with E-state index >= 15 is 0 Å². The third kappa shape index (κ3) is 1.04. The van der Waals surface area contributed by atoms with Crippen molar-refractivity contribution < 1.29 is 4.42 Å². The Labute approximate surface area is 75.4 Å². The van der Waals surface area contributed by atoms with Crippen molar-refractivity contribution >= 4 is 16.7 Å². The molecular formula is C10H8N2O. The summed E-state index contributed by atoms with van der Waals surface area (Å²) in [5, 5.41) is 9.70. The maximum Gasteiger partial charge on any atom is 0.136 e. The van der Waals surface area contributed by atoms with Crippen LogP contribution in [-0.4, -0.2) is 0 Å². The summed E-state index contributed by atoms with van der Waals surface area (Å²) in [5.41, 5.74) is 8.33. The quantitative estimate of drug-likeness (QED) is 0.619. The van der Waals surface area contributed by atoms with Crippen molar-refractivity contribution in [3.05, 3.63) is 29.5 Å². The first-order chi connectivity index (χ1) is 6.22. The molecular weight excluding hydrogens is 164 g/mol. The van der Waals surface area contributed by atoms with Gasteiger partial charge in [-0.15, -0.1) is 0 Å². The van der Waals surface area contributed by atoms with Crippen LogP contribution in [-0.2, 0) is 0 Å². The van der Waals surface area contributed by atoms with Crippen molar-refractivity contribution in [2.75, 3.05) is 5.73 Å². The monoisotopic (exact) mass is 172 g/mol. The lowest BCUT2D eigenvalue weighted by Crippen LogP contribution is -1.89. The van der Waals surface area contributed by atoms with Crippen LogP contribution in [0.3, 0.4) is 0 Å². The summed E-state index contributed by atoms with van der Waals surface area (Å²) in [5.74, 6) is 0. The highest BCUT2D eigenvalue weighted by atomic mass is 16.3. The summed E-state index contributed by atoms with van der Waals surface area (Å²) >= 11 is 0. The highest BCUT2D eigenvalue weighted by molar-refractivity contribution is 5.86. The van der Waals surface area contributed by atoms with E-state index in [0.717, 1.165) is 16.5 Å². The van der Waals surface area contributed by atoms with Crippen LogP contribution in [0.2, 0.25) is 0 Å². The van der Waals surface area contributed by atoms with Crippen molar-refractivity contribution in [1.29, 1.82) is 5.26 Å².